The zero-order chi connectivity index (χ0) is 7.98. The van der Waals surface area contributed by atoms with Crippen molar-refractivity contribution in [3.63, 3.8) is 0 Å². The predicted octanol–water partition coefficient (Wildman–Crippen LogP) is 2.36. The SMILES string of the molecule is C=C.CC1CCC(O)CC1. The topological polar surface area (TPSA) is 20.2 Å². The Morgan fingerprint density at radius 2 is 1.50 bits per heavy atom. The Balaban J connectivity index is 0.000000371. The van der Waals surface area contributed by atoms with Crippen molar-refractivity contribution in [2.75, 3.05) is 0 Å². The number of rotatable bonds is 0. The summed E-state index contributed by atoms with van der Waals surface area (Å²) in [6.45, 7) is 8.26. The Morgan fingerprint density at radius 3 is 1.80 bits per heavy atom. The van der Waals surface area contributed by atoms with Crippen LogP contribution in [0.15, 0.2) is 13.2 Å². The molecule has 0 aromatic rings. The molecule has 0 atom stereocenters. The fourth-order valence-corrected chi connectivity index (χ4v) is 1.24. The maximum Gasteiger partial charge on any atom is 0.0540 e. The molecule has 1 rings (SSSR count). The van der Waals surface area contributed by atoms with Crippen molar-refractivity contribution in [2.24, 2.45) is 5.92 Å². The van der Waals surface area contributed by atoms with E-state index in [-0.39, 0.29) is 6.10 Å². The first kappa shape index (κ1) is 9.70. The van der Waals surface area contributed by atoms with E-state index in [0.29, 0.717) is 0 Å². The molecular weight excluding hydrogens is 124 g/mol. The van der Waals surface area contributed by atoms with E-state index in [1.807, 2.05) is 0 Å². The van der Waals surface area contributed by atoms with E-state index in [1.165, 1.54) is 12.8 Å². The largest absolute Gasteiger partial charge is 0.393 e. The molecule has 1 aliphatic carbocycles. The van der Waals surface area contributed by atoms with Crippen LogP contribution in [0.25, 0.3) is 0 Å². The second kappa shape index (κ2) is 5.48. The van der Waals surface area contributed by atoms with Gasteiger partial charge in [0, 0.05) is 0 Å². The third kappa shape index (κ3) is 3.67. The van der Waals surface area contributed by atoms with Gasteiger partial charge in [-0.3, -0.25) is 0 Å². The molecule has 0 amide bonds. The zero-order valence-electron chi connectivity index (χ0n) is 6.84. The monoisotopic (exact) mass is 142 g/mol. The molecule has 0 heterocycles. The van der Waals surface area contributed by atoms with Gasteiger partial charge in [0.05, 0.1) is 6.10 Å². The zero-order valence-corrected chi connectivity index (χ0v) is 6.84. The van der Waals surface area contributed by atoms with Gasteiger partial charge in [0.2, 0.25) is 0 Å². The normalized spacial score (nSPS) is 32.2. The lowest BCUT2D eigenvalue weighted by atomic mass is 9.89. The summed E-state index contributed by atoms with van der Waals surface area (Å²) >= 11 is 0. The fourth-order valence-electron chi connectivity index (χ4n) is 1.24. The van der Waals surface area contributed by atoms with Gasteiger partial charge in [-0.05, 0) is 31.6 Å². The summed E-state index contributed by atoms with van der Waals surface area (Å²) in [7, 11) is 0. The number of aliphatic hydroxyl groups is 1. The molecule has 0 unspecified atom stereocenters. The van der Waals surface area contributed by atoms with Gasteiger partial charge in [-0.15, -0.1) is 13.2 Å². The Morgan fingerprint density at radius 1 is 1.10 bits per heavy atom. The molecule has 0 spiro atoms. The molecule has 60 valence electrons. The van der Waals surface area contributed by atoms with Gasteiger partial charge in [-0.25, -0.2) is 0 Å². The molecule has 1 nitrogen and oxygen atoms in total. The van der Waals surface area contributed by atoms with Crippen molar-refractivity contribution in [1.82, 2.24) is 0 Å². The van der Waals surface area contributed by atoms with Crippen LogP contribution in [0.3, 0.4) is 0 Å². The standard InChI is InChI=1S/C7H14O.C2H4/c1-6-2-4-7(8)5-3-6;1-2/h6-8H,2-5H2,1H3;1-2H2. The Hall–Kier alpha value is -0.300. The summed E-state index contributed by atoms with van der Waals surface area (Å²) in [4.78, 5) is 0. The summed E-state index contributed by atoms with van der Waals surface area (Å²) in [5.41, 5.74) is 0. The van der Waals surface area contributed by atoms with E-state index >= 15 is 0 Å². The highest BCUT2D eigenvalue weighted by Gasteiger charge is 2.14. The van der Waals surface area contributed by atoms with Gasteiger partial charge in [0.1, 0.15) is 0 Å². The summed E-state index contributed by atoms with van der Waals surface area (Å²) in [6.07, 6.45) is 4.52. The van der Waals surface area contributed by atoms with E-state index in [2.05, 4.69) is 20.1 Å². The molecule has 1 heteroatoms. The molecule has 1 N–H and O–H groups in total. The second-order valence-corrected chi connectivity index (χ2v) is 2.91. The first-order chi connectivity index (χ1) is 4.79. The van der Waals surface area contributed by atoms with E-state index in [1.54, 1.807) is 0 Å². The van der Waals surface area contributed by atoms with Crippen LogP contribution in [-0.2, 0) is 0 Å². The lowest BCUT2D eigenvalue weighted by molar-refractivity contribution is 0.112. The summed E-state index contributed by atoms with van der Waals surface area (Å²) in [5.74, 6) is 0.860. The lowest BCUT2D eigenvalue weighted by Gasteiger charge is -2.21. The lowest BCUT2D eigenvalue weighted by Crippen LogP contribution is -2.15. The van der Waals surface area contributed by atoms with Gasteiger partial charge in [-0.2, -0.15) is 0 Å². The average molecular weight is 142 g/mol. The van der Waals surface area contributed by atoms with Crippen molar-refractivity contribution in [1.29, 1.82) is 0 Å². The van der Waals surface area contributed by atoms with Crippen LogP contribution in [0, 0.1) is 5.92 Å². The highest BCUT2D eigenvalue weighted by molar-refractivity contribution is 4.67. The second-order valence-electron chi connectivity index (χ2n) is 2.91. The highest BCUT2D eigenvalue weighted by atomic mass is 16.3. The summed E-state index contributed by atoms with van der Waals surface area (Å²) in [6, 6.07) is 0. The number of hydrogen-bond donors (Lipinski definition) is 1. The average Bonchev–Trinajstić information content (AvgIpc) is 2.00. The molecule has 10 heavy (non-hydrogen) atoms. The maximum atomic E-state index is 9.03. The quantitative estimate of drug-likeness (QED) is 0.515. The molecular formula is C9H18O. The van der Waals surface area contributed by atoms with E-state index in [0.717, 1.165) is 18.8 Å². The molecule has 0 aliphatic heterocycles. The van der Waals surface area contributed by atoms with Crippen LogP contribution in [0.1, 0.15) is 32.6 Å². The van der Waals surface area contributed by atoms with Crippen LogP contribution in [-0.4, -0.2) is 11.2 Å². The molecule has 1 fully saturated rings. The van der Waals surface area contributed by atoms with E-state index in [9.17, 15) is 0 Å². The smallest absolute Gasteiger partial charge is 0.0540 e. The van der Waals surface area contributed by atoms with Crippen LogP contribution >= 0.6 is 0 Å². The van der Waals surface area contributed by atoms with Crippen LogP contribution in [0.5, 0.6) is 0 Å². The summed E-state index contributed by atoms with van der Waals surface area (Å²) < 4.78 is 0. The van der Waals surface area contributed by atoms with Crippen LogP contribution in [0.2, 0.25) is 0 Å². The van der Waals surface area contributed by atoms with Crippen molar-refractivity contribution >= 4 is 0 Å². The van der Waals surface area contributed by atoms with Gasteiger partial charge in [0.15, 0.2) is 0 Å². The number of aliphatic hydroxyl groups excluding tert-OH is 1. The minimum Gasteiger partial charge on any atom is -0.393 e. The number of hydrogen-bond acceptors (Lipinski definition) is 1. The van der Waals surface area contributed by atoms with Crippen molar-refractivity contribution in [2.45, 2.75) is 38.7 Å². The molecule has 0 bridgehead atoms. The van der Waals surface area contributed by atoms with Crippen LogP contribution in [0.4, 0.5) is 0 Å². The third-order valence-corrected chi connectivity index (χ3v) is 1.99. The first-order valence-corrected chi connectivity index (χ1v) is 3.97. The minimum absolute atomic E-state index is 0.0196. The Labute approximate surface area is 63.8 Å². The van der Waals surface area contributed by atoms with Gasteiger partial charge < -0.3 is 5.11 Å². The third-order valence-electron chi connectivity index (χ3n) is 1.99. The Kier molecular flexibility index (Phi) is 5.32. The van der Waals surface area contributed by atoms with Crippen molar-refractivity contribution < 1.29 is 5.11 Å². The van der Waals surface area contributed by atoms with E-state index in [4.69, 9.17) is 5.11 Å². The molecule has 0 radical (unpaired) electrons. The molecule has 1 aliphatic rings. The van der Waals surface area contributed by atoms with Gasteiger partial charge >= 0.3 is 0 Å². The molecule has 0 aromatic carbocycles. The molecule has 1 saturated carbocycles. The summed E-state index contributed by atoms with van der Waals surface area (Å²) in [5, 5.41) is 9.03. The maximum absolute atomic E-state index is 9.03. The van der Waals surface area contributed by atoms with Gasteiger partial charge in [0.25, 0.3) is 0 Å². The van der Waals surface area contributed by atoms with Crippen LogP contribution < -0.4 is 0 Å². The van der Waals surface area contributed by atoms with Crippen molar-refractivity contribution in [3.05, 3.63) is 13.2 Å². The highest BCUT2D eigenvalue weighted by Crippen LogP contribution is 2.22. The minimum atomic E-state index is 0.0196. The predicted molar refractivity (Wildman–Crippen MR) is 44.9 cm³/mol. The van der Waals surface area contributed by atoms with Gasteiger partial charge in [-0.1, -0.05) is 6.92 Å². The first-order valence-electron chi connectivity index (χ1n) is 3.97. The Bertz CT molecular complexity index is 62.8. The van der Waals surface area contributed by atoms with Crippen molar-refractivity contribution in [3.8, 4) is 0 Å². The molecule has 0 saturated heterocycles. The van der Waals surface area contributed by atoms with E-state index < -0.39 is 0 Å². The fraction of sp³-hybridized carbons (Fsp3) is 0.778. The molecule has 0 aromatic heterocycles.